The van der Waals surface area contributed by atoms with Gasteiger partial charge in [0.15, 0.2) is 5.70 Å². The van der Waals surface area contributed by atoms with Crippen molar-refractivity contribution in [3.05, 3.63) is 65.9 Å². The van der Waals surface area contributed by atoms with E-state index in [0.717, 1.165) is 49.0 Å². The van der Waals surface area contributed by atoms with Gasteiger partial charge in [-0.25, -0.2) is 0 Å². The van der Waals surface area contributed by atoms with Gasteiger partial charge in [-0.1, -0.05) is 50.1 Å². The third-order valence-corrected chi connectivity index (χ3v) is 6.46. The van der Waals surface area contributed by atoms with Gasteiger partial charge in [0.25, 0.3) is 0 Å². The van der Waals surface area contributed by atoms with Gasteiger partial charge < -0.3 is 18.9 Å². The summed E-state index contributed by atoms with van der Waals surface area (Å²) in [5.41, 5.74) is 3.57. The van der Waals surface area contributed by atoms with Crippen LogP contribution in [-0.4, -0.2) is 71.1 Å². The lowest BCUT2D eigenvalue weighted by Gasteiger charge is -2.23. The van der Waals surface area contributed by atoms with Crippen molar-refractivity contribution in [3.63, 3.8) is 0 Å². The fourth-order valence-corrected chi connectivity index (χ4v) is 4.05. The Bertz CT molecular complexity index is 1080. The zero-order valence-corrected chi connectivity index (χ0v) is 25.4. The zero-order valence-electron chi connectivity index (χ0n) is 24.6. The van der Waals surface area contributed by atoms with E-state index >= 15 is 0 Å². The van der Waals surface area contributed by atoms with Crippen molar-refractivity contribution in [1.82, 2.24) is 5.48 Å². The third kappa shape index (κ3) is 14.9. The molecule has 0 spiro atoms. The summed E-state index contributed by atoms with van der Waals surface area (Å²) in [6.45, 7) is 5.02. The molecule has 0 fully saturated rings. The van der Waals surface area contributed by atoms with Crippen molar-refractivity contribution >= 4 is 29.4 Å². The first-order valence-corrected chi connectivity index (χ1v) is 14.7. The summed E-state index contributed by atoms with van der Waals surface area (Å²) in [6.07, 6.45) is 4.86. The van der Waals surface area contributed by atoms with Crippen LogP contribution in [0.5, 0.6) is 0 Å². The Balaban J connectivity index is 1.51. The van der Waals surface area contributed by atoms with Crippen LogP contribution in [0.15, 0.2) is 75.4 Å². The Morgan fingerprint density at radius 2 is 1.67 bits per heavy atom. The Kier molecular flexibility index (Phi) is 19.2. The number of nitrogens with one attached hydrogen (secondary N) is 2. The summed E-state index contributed by atoms with van der Waals surface area (Å²) in [5, 5.41) is 15.3. The van der Waals surface area contributed by atoms with Crippen LogP contribution < -0.4 is 5.48 Å². The molecule has 2 aromatic rings. The normalized spacial score (nSPS) is 12.1. The molecule has 2 rings (SSSR count). The first-order chi connectivity index (χ1) is 20.6. The molecular formula is C30H42N4O7S. The molecular weight excluding hydrogens is 560 g/mol. The molecule has 0 aliphatic carbocycles. The molecule has 0 amide bonds. The highest BCUT2D eigenvalue weighted by molar-refractivity contribution is 7.94. The lowest BCUT2D eigenvalue weighted by atomic mass is 10.1. The van der Waals surface area contributed by atoms with E-state index in [4.69, 9.17) is 33.7 Å². The molecule has 230 valence electrons. The molecule has 0 saturated heterocycles. The summed E-state index contributed by atoms with van der Waals surface area (Å²) < 4.78 is 27.3. The summed E-state index contributed by atoms with van der Waals surface area (Å²) in [6, 6.07) is 15.6. The predicted molar refractivity (Wildman–Crippen MR) is 161 cm³/mol. The second kappa shape index (κ2) is 22.8. The van der Waals surface area contributed by atoms with Crippen molar-refractivity contribution in [3.8, 4) is 0 Å². The summed E-state index contributed by atoms with van der Waals surface area (Å²) in [5.74, 6) is 1.64. The van der Waals surface area contributed by atoms with Crippen LogP contribution in [0.3, 0.4) is 0 Å². The minimum atomic E-state index is -0.411. The van der Waals surface area contributed by atoms with E-state index in [1.54, 1.807) is 68.8 Å². The van der Waals surface area contributed by atoms with Gasteiger partial charge in [-0.2, -0.15) is 5.48 Å². The molecule has 42 heavy (non-hydrogen) atoms. The highest BCUT2D eigenvalue weighted by Crippen LogP contribution is 2.23. The van der Waals surface area contributed by atoms with Crippen LogP contribution in [0.2, 0.25) is 0 Å². The van der Waals surface area contributed by atoms with E-state index in [2.05, 4.69) is 28.5 Å². The van der Waals surface area contributed by atoms with Gasteiger partial charge in [0.05, 0.1) is 43.7 Å². The van der Waals surface area contributed by atoms with Gasteiger partial charge >= 0.3 is 0 Å². The number of allylic oxidation sites excluding steroid dienone is 1. The van der Waals surface area contributed by atoms with Crippen molar-refractivity contribution in [1.29, 1.82) is 5.41 Å². The fourth-order valence-electron chi connectivity index (χ4n) is 3.65. The number of unbranched alkanes of at least 4 members (excludes halogenated alkanes) is 3. The largest absolute Gasteiger partial charge is 0.382 e. The number of carbonyl (C=O) groups excluding carboxylic acids is 1. The number of azo groups is 1. The Hall–Kier alpha value is -2.77. The number of ketones is 1. The average Bonchev–Trinajstić information content (AvgIpc) is 3.02. The number of rotatable bonds is 24. The van der Waals surface area contributed by atoms with Crippen molar-refractivity contribution in [2.45, 2.75) is 56.1 Å². The number of benzene rings is 2. The second-order valence-electron chi connectivity index (χ2n) is 9.18. The Labute approximate surface area is 252 Å². The molecule has 12 heteroatoms. The van der Waals surface area contributed by atoms with Gasteiger partial charge in [-0.3, -0.25) is 10.2 Å². The van der Waals surface area contributed by atoms with Gasteiger partial charge in [0, 0.05) is 43.7 Å². The summed E-state index contributed by atoms with van der Waals surface area (Å²) in [4.78, 5) is 18.2. The minimum absolute atomic E-state index is 0.0311. The van der Waals surface area contributed by atoms with Gasteiger partial charge in [-0.15, -0.1) is 19.6 Å². The van der Waals surface area contributed by atoms with Crippen LogP contribution in [0.1, 0.15) is 49.4 Å². The Morgan fingerprint density at radius 3 is 2.33 bits per heavy atom. The lowest BCUT2D eigenvalue weighted by molar-refractivity contribution is -0.244. The molecule has 0 aliphatic rings. The van der Waals surface area contributed by atoms with E-state index in [9.17, 15) is 4.79 Å². The number of carbonyl (C=O) groups is 1. The van der Waals surface area contributed by atoms with Crippen LogP contribution in [-0.2, 0) is 28.3 Å². The number of nitrogens with zero attached hydrogens (tertiary/aromatic N) is 2. The monoisotopic (exact) mass is 602 g/mol. The maximum atomic E-state index is 12.4. The molecule has 0 radical (unpaired) electrons. The highest BCUT2D eigenvalue weighted by Gasteiger charge is 2.16. The van der Waals surface area contributed by atoms with Gasteiger partial charge in [0.1, 0.15) is 6.10 Å². The topological polar surface area (TPSA) is 133 Å². The SMILES string of the molecule is CCC(COCCCCCCNOOSc1ccc(N=NC(=C=N)C(=O)c2ccccc2)cc1)OC(COC)COC. The number of methoxy groups -OCH3 is 2. The van der Waals surface area contributed by atoms with Crippen LogP contribution in [0, 0.1) is 5.41 Å². The van der Waals surface area contributed by atoms with Gasteiger partial charge in [-0.05, 0) is 43.5 Å². The van der Waals surface area contributed by atoms with Crippen LogP contribution in [0.4, 0.5) is 5.69 Å². The first kappa shape index (κ1) is 35.4. The number of hydrogen-bond donors (Lipinski definition) is 2. The average molecular weight is 603 g/mol. The predicted octanol–water partition coefficient (Wildman–Crippen LogP) is 6.28. The molecule has 2 aromatic carbocycles. The van der Waals surface area contributed by atoms with Crippen molar-refractivity contribution in [2.75, 3.05) is 47.2 Å². The maximum Gasteiger partial charge on any atom is 0.222 e. The van der Waals surface area contributed by atoms with Crippen LogP contribution in [0.25, 0.3) is 0 Å². The molecule has 0 aliphatic heterocycles. The third-order valence-electron chi connectivity index (χ3n) is 5.86. The number of ether oxygens (including phenoxy) is 4. The first-order valence-electron chi connectivity index (χ1n) is 14.0. The lowest BCUT2D eigenvalue weighted by Crippen LogP contribution is -2.32. The highest BCUT2D eigenvalue weighted by atomic mass is 32.2. The molecule has 0 heterocycles. The van der Waals surface area contributed by atoms with E-state index in [0.29, 0.717) is 44.2 Å². The molecule has 0 bridgehead atoms. The standard InChI is InChI=1S/C30H42N4O7S/c1-4-26(39-27(21-36-2)22-37-3)23-38-19-11-6-5-10-18-32-40-41-42-28-16-14-25(15-17-28)33-34-29(20-31)30(35)24-12-8-7-9-13-24/h7-9,12-17,26-27,31-32H,4-6,10-11,18-19,21-23H2,1-3H3. The smallest absolute Gasteiger partial charge is 0.222 e. The number of hydroxylamine groups is 1. The van der Waals surface area contributed by atoms with E-state index < -0.39 is 5.78 Å². The molecule has 0 aromatic heterocycles. The van der Waals surface area contributed by atoms with Crippen molar-refractivity contribution < 1.29 is 33.1 Å². The summed E-state index contributed by atoms with van der Waals surface area (Å²) in [7, 11) is 3.31. The van der Waals surface area contributed by atoms with Crippen molar-refractivity contribution in [2.24, 2.45) is 10.2 Å². The number of hydrogen-bond acceptors (Lipinski definition) is 12. The summed E-state index contributed by atoms with van der Waals surface area (Å²) >= 11 is 1.05. The molecule has 0 saturated carbocycles. The fraction of sp³-hybridized carbons (Fsp3) is 0.500. The number of Topliss-reactive ketones (excluding diaryl/α,β-unsaturated/α-hetero) is 1. The molecule has 1 atom stereocenters. The zero-order chi connectivity index (χ0) is 30.3. The maximum absolute atomic E-state index is 12.4. The van der Waals surface area contributed by atoms with E-state index in [-0.39, 0.29) is 17.9 Å². The second-order valence-corrected chi connectivity index (χ2v) is 9.95. The molecule has 2 N–H and O–H groups in total. The minimum Gasteiger partial charge on any atom is -0.382 e. The quantitative estimate of drug-likeness (QED) is 0.0208. The Morgan fingerprint density at radius 1 is 0.952 bits per heavy atom. The van der Waals surface area contributed by atoms with Gasteiger partial charge in [0.2, 0.25) is 5.78 Å². The molecule has 1 unspecified atom stereocenters. The van der Waals surface area contributed by atoms with Crippen LogP contribution >= 0.6 is 12.0 Å². The van der Waals surface area contributed by atoms with E-state index in [1.165, 1.54) is 0 Å². The van der Waals surface area contributed by atoms with E-state index in [1.807, 2.05) is 0 Å². The molecule has 11 nitrogen and oxygen atoms in total.